The molecule has 0 saturated heterocycles. The number of ether oxygens (including phenoxy) is 2. The fourth-order valence-electron chi connectivity index (χ4n) is 2.83. The number of benzene rings is 2. The predicted molar refractivity (Wildman–Crippen MR) is 101 cm³/mol. The minimum atomic E-state index is -4.30. The summed E-state index contributed by atoms with van der Waals surface area (Å²) in [7, 11) is 0.330. The SMILES string of the molecule is COc1cc(OC)cc(C(NS(=O)(=O)c2cc(F)cc(F)c2)c2nccn2C)c1. The van der Waals surface area contributed by atoms with Crippen LogP contribution in [0.1, 0.15) is 17.4 Å². The Hall–Kier alpha value is -2.98. The Bertz CT molecular complexity index is 1090. The van der Waals surface area contributed by atoms with Crippen molar-refractivity contribution >= 4 is 10.0 Å². The average molecular weight is 423 g/mol. The van der Waals surface area contributed by atoms with Crippen molar-refractivity contribution in [3.05, 3.63) is 71.8 Å². The Morgan fingerprint density at radius 1 is 1.00 bits per heavy atom. The molecule has 1 atom stereocenters. The second-order valence-corrected chi connectivity index (χ2v) is 7.92. The monoisotopic (exact) mass is 423 g/mol. The van der Waals surface area contributed by atoms with Crippen molar-refractivity contribution in [3.8, 4) is 11.5 Å². The number of halogens is 2. The van der Waals surface area contributed by atoms with Gasteiger partial charge in [-0.3, -0.25) is 0 Å². The summed E-state index contributed by atoms with van der Waals surface area (Å²) in [5, 5.41) is 0. The fourth-order valence-corrected chi connectivity index (χ4v) is 4.05. The van der Waals surface area contributed by atoms with Crippen molar-refractivity contribution in [2.45, 2.75) is 10.9 Å². The van der Waals surface area contributed by atoms with Gasteiger partial charge in [0.05, 0.1) is 19.1 Å². The van der Waals surface area contributed by atoms with E-state index in [1.165, 1.54) is 20.4 Å². The van der Waals surface area contributed by atoms with Crippen LogP contribution in [0.5, 0.6) is 11.5 Å². The van der Waals surface area contributed by atoms with Gasteiger partial charge >= 0.3 is 0 Å². The van der Waals surface area contributed by atoms with Gasteiger partial charge in [-0.2, -0.15) is 4.72 Å². The highest BCUT2D eigenvalue weighted by Crippen LogP contribution is 2.30. The van der Waals surface area contributed by atoms with Crippen molar-refractivity contribution in [1.82, 2.24) is 14.3 Å². The molecule has 0 amide bonds. The number of nitrogens with one attached hydrogen (secondary N) is 1. The molecule has 1 aromatic heterocycles. The maximum atomic E-state index is 13.6. The highest BCUT2D eigenvalue weighted by Gasteiger charge is 2.27. The molecule has 7 nitrogen and oxygen atoms in total. The first-order valence-corrected chi connectivity index (χ1v) is 9.90. The maximum absolute atomic E-state index is 13.6. The van der Waals surface area contributed by atoms with Crippen molar-refractivity contribution in [2.24, 2.45) is 7.05 Å². The molecule has 0 saturated carbocycles. The van der Waals surface area contributed by atoms with Gasteiger partial charge in [0.2, 0.25) is 10.0 Å². The summed E-state index contributed by atoms with van der Waals surface area (Å²) < 4.78 is 67.5. The minimum absolute atomic E-state index is 0.362. The van der Waals surface area contributed by atoms with E-state index in [4.69, 9.17) is 9.47 Å². The molecule has 0 bridgehead atoms. The second-order valence-electron chi connectivity index (χ2n) is 6.20. The lowest BCUT2D eigenvalue weighted by Crippen LogP contribution is -2.31. The van der Waals surface area contributed by atoms with E-state index in [1.54, 1.807) is 36.0 Å². The van der Waals surface area contributed by atoms with Crippen molar-refractivity contribution < 1.29 is 26.7 Å². The quantitative estimate of drug-likeness (QED) is 0.632. The molecule has 1 unspecified atom stereocenters. The summed E-state index contributed by atoms with van der Waals surface area (Å²) in [5.74, 6) is -0.756. The maximum Gasteiger partial charge on any atom is 0.241 e. The molecule has 29 heavy (non-hydrogen) atoms. The van der Waals surface area contributed by atoms with E-state index < -0.39 is 32.6 Å². The standard InChI is InChI=1S/C19H19F2N3O4S/c1-24-5-4-22-19(24)18(12-6-15(27-2)11-16(7-12)28-3)23-29(25,26)17-9-13(20)8-14(21)10-17/h4-11,18,23H,1-3H3. The molecule has 0 fully saturated rings. The van der Waals surface area contributed by atoms with Crippen LogP contribution in [0.25, 0.3) is 0 Å². The molecule has 0 aliphatic carbocycles. The first-order valence-electron chi connectivity index (χ1n) is 8.42. The summed E-state index contributed by atoms with van der Waals surface area (Å²) in [5.41, 5.74) is 0.468. The van der Waals surface area contributed by atoms with Crippen LogP contribution < -0.4 is 14.2 Å². The third kappa shape index (κ3) is 4.54. The number of aryl methyl sites for hydroxylation is 1. The van der Waals surface area contributed by atoms with Crippen LogP contribution in [0.15, 0.2) is 53.7 Å². The molecule has 1 heterocycles. The lowest BCUT2D eigenvalue weighted by Gasteiger charge is -2.20. The largest absolute Gasteiger partial charge is 0.497 e. The van der Waals surface area contributed by atoms with E-state index in [-0.39, 0.29) is 0 Å². The van der Waals surface area contributed by atoms with Crippen LogP contribution in [0.2, 0.25) is 0 Å². The predicted octanol–water partition coefficient (Wildman–Crippen LogP) is 2.78. The Labute approximate surface area is 167 Å². The molecule has 3 aromatic rings. The zero-order valence-electron chi connectivity index (χ0n) is 15.9. The van der Waals surface area contributed by atoms with Crippen molar-refractivity contribution in [1.29, 1.82) is 0 Å². The van der Waals surface area contributed by atoms with Gasteiger partial charge in [-0.25, -0.2) is 22.2 Å². The molecule has 2 aromatic carbocycles. The van der Waals surface area contributed by atoms with E-state index in [9.17, 15) is 17.2 Å². The Balaban J connectivity index is 2.12. The van der Waals surface area contributed by atoms with E-state index in [2.05, 4.69) is 9.71 Å². The normalized spacial score (nSPS) is 12.6. The number of methoxy groups -OCH3 is 2. The molecule has 154 valence electrons. The topological polar surface area (TPSA) is 82.4 Å². The molecular formula is C19H19F2N3O4S. The Morgan fingerprint density at radius 2 is 1.59 bits per heavy atom. The molecule has 3 rings (SSSR count). The van der Waals surface area contributed by atoms with Crippen LogP contribution in [-0.2, 0) is 17.1 Å². The lowest BCUT2D eigenvalue weighted by atomic mass is 10.1. The van der Waals surface area contributed by atoms with Crippen LogP contribution >= 0.6 is 0 Å². The summed E-state index contributed by atoms with van der Waals surface area (Å²) in [6.45, 7) is 0. The van der Waals surface area contributed by atoms with Gasteiger partial charge in [0.25, 0.3) is 0 Å². The smallest absolute Gasteiger partial charge is 0.241 e. The number of rotatable bonds is 7. The van der Waals surface area contributed by atoms with Crippen LogP contribution in [0, 0.1) is 11.6 Å². The van der Waals surface area contributed by atoms with Crippen molar-refractivity contribution in [2.75, 3.05) is 14.2 Å². The number of nitrogens with zero attached hydrogens (tertiary/aromatic N) is 2. The summed E-state index contributed by atoms with van der Waals surface area (Å²) in [4.78, 5) is 3.68. The number of hydrogen-bond acceptors (Lipinski definition) is 5. The number of aromatic nitrogens is 2. The van der Waals surface area contributed by atoms with Crippen LogP contribution in [0.3, 0.4) is 0 Å². The molecule has 0 radical (unpaired) electrons. The summed E-state index contributed by atoms with van der Waals surface area (Å²) in [6, 6.07) is 5.99. The lowest BCUT2D eigenvalue weighted by molar-refractivity contribution is 0.392. The summed E-state index contributed by atoms with van der Waals surface area (Å²) in [6.07, 6.45) is 3.16. The van der Waals surface area contributed by atoms with E-state index in [1.807, 2.05) is 0 Å². The van der Waals surface area contributed by atoms with E-state index in [0.717, 1.165) is 12.1 Å². The molecular weight excluding hydrogens is 404 g/mol. The average Bonchev–Trinajstić information content (AvgIpc) is 3.10. The second kappa shape index (κ2) is 8.18. The number of imidazole rings is 1. The molecule has 0 spiro atoms. The van der Waals surface area contributed by atoms with Gasteiger partial charge in [-0.05, 0) is 29.8 Å². The van der Waals surface area contributed by atoms with E-state index in [0.29, 0.717) is 29.0 Å². The molecule has 0 aliphatic rings. The van der Waals surface area contributed by atoms with E-state index >= 15 is 0 Å². The summed E-state index contributed by atoms with van der Waals surface area (Å²) >= 11 is 0. The van der Waals surface area contributed by atoms with Crippen LogP contribution in [-0.4, -0.2) is 32.2 Å². The molecule has 0 aliphatic heterocycles. The Kier molecular flexibility index (Phi) is 5.85. The number of sulfonamides is 1. The van der Waals surface area contributed by atoms with Crippen molar-refractivity contribution in [3.63, 3.8) is 0 Å². The van der Waals surface area contributed by atoms with Gasteiger partial charge < -0.3 is 14.0 Å². The highest BCUT2D eigenvalue weighted by atomic mass is 32.2. The molecule has 1 N–H and O–H groups in total. The van der Waals surface area contributed by atoms with Gasteiger partial charge in [0, 0.05) is 31.6 Å². The third-order valence-corrected chi connectivity index (χ3v) is 5.65. The third-order valence-electron chi connectivity index (χ3n) is 4.24. The zero-order valence-corrected chi connectivity index (χ0v) is 16.7. The fraction of sp³-hybridized carbons (Fsp3) is 0.211. The highest BCUT2D eigenvalue weighted by molar-refractivity contribution is 7.89. The van der Waals surface area contributed by atoms with Gasteiger partial charge in [-0.15, -0.1) is 0 Å². The van der Waals surface area contributed by atoms with Crippen LogP contribution in [0.4, 0.5) is 8.78 Å². The zero-order chi connectivity index (χ0) is 21.2. The van der Waals surface area contributed by atoms with Gasteiger partial charge in [0.15, 0.2) is 0 Å². The number of hydrogen-bond donors (Lipinski definition) is 1. The first kappa shape index (κ1) is 20.7. The van der Waals surface area contributed by atoms with Gasteiger partial charge in [0.1, 0.15) is 35.0 Å². The minimum Gasteiger partial charge on any atom is -0.497 e. The molecule has 10 heteroatoms. The first-order chi connectivity index (χ1) is 13.7. The Morgan fingerprint density at radius 3 is 2.07 bits per heavy atom. The van der Waals surface area contributed by atoms with Gasteiger partial charge in [-0.1, -0.05) is 0 Å².